The number of nitrogens with zero attached hydrogens (tertiary/aromatic N) is 2. The lowest BCUT2D eigenvalue weighted by Gasteiger charge is -2.05. The van der Waals surface area contributed by atoms with Crippen LogP contribution in [0.25, 0.3) is 0 Å². The Labute approximate surface area is 158 Å². The van der Waals surface area contributed by atoms with Crippen LogP contribution in [-0.2, 0) is 13.1 Å². The molecule has 0 bridgehead atoms. The van der Waals surface area contributed by atoms with E-state index in [1.54, 1.807) is 0 Å². The van der Waals surface area contributed by atoms with Crippen molar-refractivity contribution in [3.05, 3.63) is 60.2 Å². The normalized spacial score (nSPS) is 10.9. The SMILES string of the molecule is c1ccc(CNCCCCCCCCCCNCc2ccccn2)nc1. The molecule has 0 fully saturated rings. The molecular weight excluding hydrogens is 320 g/mol. The van der Waals surface area contributed by atoms with Gasteiger partial charge in [-0.1, -0.05) is 50.7 Å². The summed E-state index contributed by atoms with van der Waals surface area (Å²) in [7, 11) is 0. The van der Waals surface area contributed by atoms with Crippen LogP contribution in [-0.4, -0.2) is 23.1 Å². The first-order chi connectivity index (χ1) is 12.9. The van der Waals surface area contributed by atoms with Crippen LogP contribution in [0.1, 0.15) is 62.8 Å². The zero-order chi connectivity index (χ0) is 18.1. The number of hydrogen-bond donors (Lipinski definition) is 2. The van der Waals surface area contributed by atoms with Crippen LogP contribution in [0.2, 0.25) is 0 Å². The van der Waals surface area contributed by atoms with Crippen LogP contribution in [0.5, 0.6) is 0 Å². The monoisotopic (exact) mass is 354 g/mol. The number of hydrogen-bond acceptors (Lipinski definition) is 4. The molecule has 0 amide bonds. The highest BCUT2D eigenvalue weighted by molar-refractivity contribution is 5.03. The first-order valence-electron chi connectivity index (χ1n) is 10.2. The van der Waals surface area contributed by atoms with Gasteiger partial charge in [0, 0.05) is 25.5 Å². The van der Waals surface area contributed by atoms with E-state index in [1.165, 1.54) is 51.4 Å². The Hall–Kier alpha value is -1.78. The highest BCUT2D eigenvalue weighted by Gasteiger charge is 1.95. The zero-order valence-electron chi connectivity index (χ0n) is 16.0. The number of unbranched alkanes of at least 4 members (excludes halogenated alkanes) is 7. The second-order valence-electron chi connectivity index (χ2n) is 6.82. The van der Waals surface area contributed by atoms with Gasteiger partial charge in [-0.25, -0.2) is 0 Å². The van der Waals surface area contributed by atoms with E-state index in [1.807, 2.05) is 36.7 Å². The average molecular weight is 355 g/mol. The van der Waals surface area contributed by atoms with E-state index in [-0.39, 0.29) is 0 Å². The predicted octanol–water partition coefficient (Wildman–Crippen LogP) is 4.48. The smallest absolute Gasteiger partial charge is 0.0541 e. The van der Waals surface area contributed by atoms with Crippen LogP contribution < -0.4 is 10.6 Å². The van der Waals surface area contributed by atoms with Gasteiger partial charge < -0.3 is 10.6 Å². The Morgan fingerprint density at radius 1 is 0.538 bits per heavy atom. The number of nitrogens with one attached hydrogen (secondary N) is 2. The summed E-state index contributed by atoms with van der Waals surface area (Å²) < 4.78 is 0. The molecule has 2 N–H and O–H groups in total. The number of pyridine rings is 2. The van der Waals surface area contributed by atoms with Crippen molar-refractivity contribution in [2.45, 2.75) is 64.5 Å². The summed E-state index contributed by atoms with van der Waals surface area (Å²) in [6.45, 7) is 3.96. The van der Waals surface area contributed by atoms with Gasteiger partial charge >= 0.3 is 0 Å². The first-order valence-corrected chi connectivity index (χ1v) is 10.2. The van der Waals surface area contributed by atoms with E-state index < -0.39 is 0 Å². The van der Waals surface area contributed by atoms with E-state index in [0.717, 1.165) is 37.6 Å². The topological polar surface area (TPSA) is 49.8 Å². The van der Waals surface area contributed by atoms with Crippen molar-refractivity contribution >= 4 is 0 Å². The quantitative estimate of drug-likeness (QED) is 0.463. The number of rotatable bonds is 15. The fraction of sp³-hybridized carbons (Fsp3) is 0.545. The lowest BCUT2D eigenvalue weighted by molar-refractivity contribution is 0.538. The minimum atomic E-state index is 0.884. The van der Waals surface area contributed by atoms with E-state index in [9.17, 15) is 0 Å². The Bertz CT molecular complexity index is 493. The van der Waals surface area contributed by atoms with Crippen molar-refractivity contribution in [3.63, 3.8) is 0 Å². The molecule has 4 heteroatoms. The van der Waals surface area contributed by atoms with Gasteiger partial charge in [-0.05, 0) is 50.2 Å². The van der Waals surface area contributed by atoms with E-state index in [4.69, 9.17) is 0 Å². The number of aromatic nitrogens is 2. The maximum absolute atomic E-state index is 4.32. The van der Waals surface area contributed by atoms with Gasteiger partial charge in [-0.3, -0.25) is 9.97 Å². The van der Waals surface area contributed by atoms with Crippen LogP contribution in [0, 0.1) is 0 Å². The molecule has 0 aliphatic rings. The second-order valence-corrected chi connectivity index (χ2v) is 6.82. The van der Waals surface area contributed by atoms with Crippen molar-refractivity contribution in [1.82, 2.24) is 20.6 Å². The molecule has 2 aromatic rings. The third-order valence-corrected chi connectivity index (χ3v) is 4.52. The van der Waals surface area contributed by atoms with E-state index in [0.29, 0.717) is 0 Å². The molecule has 2 rings (SSSR count). The molecule has 0 saturated carbocycles. The molecule has 0 radical (unpaired) electrons. The third-order valence-electron chi connectivity index (χ3n) is 4.52. The first kappa shape index (κ1) is 20.5. The van der Waals surface area contributed by atoms with Crippen molar-refractivity contribution in [3.8, 4) is 0 Å². The van der Waals surface area contributed by atoms with Gasteiger partial charge in [-0.15, -0.1) is 0 Å². The standard InChI is InChI=1S/C22H34N4/c1(3-5-9-15-23-19-21-13-7-11-17-25-21)2-4-6-10-16-24-20-22-14-8-12-18-26-22/h7-8,11-14,17-18,23-24H,1-6,9-10,15-16,19-20H2. The Kier molecular flexibility index (Phi) is 11.4. The van der Waals surface area contributed by atoms with Gasteiger partial charge in [0.05, 0.1) is 11.4 Å². The second kappa shape index (κ2) is 14.4. The zero-order valence-corrected chi connectivity index (χ0v) is 16.0. The van der Waals surface area contributed by atoms with Gasteiger partial charge in [0.15, 0.2) is 0 Å². The summed E-state index contributed by atoms with van der Waals surface area (Å²) in [5.74, 6) is 0. The summed E-state index contributed by atoms with van der Waals surface area (Å²) in [4.78, 5) is 8.64. The van der Waals surface area contributed by atoms with Crippen LogP contribution in [0.4, 0.5) is 0 Å². The Balaban J connectivity index is 1.28. The maximum atomic E-state index is 4.32. The minimum absolute atomic E-state index is 0.884. The Morgan fingerprint density at radius 2 is 0.962 bits per heavy atom. The fourth-order valence-corrected chi connectivity index (χ4v) is 3.00. The molecule has 0 spiro atoms. The lowest BCUT2D eigenvalue weighted by atomic mass is 10.1. The molecule has 142 valence electrons. The third kappa shape index (κ3) is 10.3. The summed E-state index contributed by atoms with van der Waals surface area (Å²) in [5.41, 5.74) is 2.25. The van der Waals surface area contributed by atoms with Crippen LogP contribution in [0.3, 0.4) is 0 Å². The van der Waals surface area contributed by atoms with Gasteiger partial charge in [0.1, 0.15) is 0 Å². The molecule has 0 aliphatic carbocycles. The Morgan fingerprint density at radius 3 is 1.35 bits per heavy atom. The summed E-state index contributed by atoms with van der Waals surface area (Å²) >= 11 is 0. The molecule has 0 saturated heterocycles. The molecule has 4 nitrogen and oxygen atoms in total. The summed E-state index contributed by atoms with van der Waals surface area (Å²) in [5, 5.41) is 6.94. The van der Waals surface area contributed by atoms with Crippen molar-refractivity contribution in [2.75, 3.05) is 13.1 Å². The largest absolute Gasteiger partial charge is 0.311 e. The molecular formula is C22H34N4. The van der Waals surface area contributed by atoms with E-state index >= 15 is 0 Å². The van der Waals surface area contributed by atoms with Gasteiger partial charge in [-0.2, -0.15) is 0 Å². The predicted molar refractivity (Wildman–Crippen MR) is 109 cm³/mol. The molecule has 26 heavy (non-hydrogen) atoms. The van der Waals surface area contributed by atoms with Crippen molar-refractivity contribution in [2.24, 2.45) is 0 Å². The van der Waals surface area contributed by atoms with Gasteiger partial charge in [0.2, 0.25) is 0 Å². The lowest BCUT2D eigenvalue weighted by Crippen LogP contribution is -2.15. The van der Waals surface area contributed by atoms with Gasteiger partial charge in [0.25, 0.3) is 0 Å². The molecule has 0 aromatic carbocycles. The molecule has 0 unspecified atom stereocenters. The summed E-state index contributed by atoms with van der Waals surface area (Å²) in [6, 6.07) is 12.1. The van der Waals surface area contributed by atoms with Crippen molar-refractivity contribution in [1.29, 1.82) is 0 Å². The average Bonchev–Trinajstić information content (AvgIpc) is 2.70. The molecule has 0 atom stereocenters. The molecule has 2 aromatic heterocycles. The van der Waals surface area contributed by atoms with Crippen LogP contribution >= 0.6 is 0 Å². The minimum Gasteiger partial charge on any atom is -0.311 e. The van der Waals surface area contributed by atoms with E-state index in [2.05, 4.69) is 32.7 Å². The highest BCUT2D eigenvalue weighted by atomic mass is 14.9. The van der Waals surface area contributed by atoms with Crippen molar-refractivity contribution < 1.29 is 0 Å². The fourth-order valence-electron chi connectivity index (χ4n) is 3.00. The molecule has 2 heterocycles. The highest BCUT2D eigenvalue weighted by Crippen LogP contribution is 2.08. The summed E-state index contributed by atoms with van der Waals surface area (Å²) in [6.07, 6.45) is 14.4. The maximum Gasteiger partial charge on any atom is 0.0541 e. The van der Waals surface area contributed by atoms with Crippen LogP contribution in [0.15, 0.2) is 48.8 Å². The molecule has 0 aliphatic heterocycles.